The van der Waals surface area contributed by atoms with Gasteiger partial charge < -0.3 is 14.5 Å². The van der Waals surface area contributed by atoms with Gasteiger partial charge in [0, 0.05) is 43.0 Å². The minimum atomic E-state index is -0.433. The van der Waals surface area contributed by atoms with E-state index in [0.717, 1.165) is 29.3 Å². The molecular weight excluding hydrogens is 458 g/mol. The third-order valence-corrected chi connectivity index (χ3v) is 6.05. The predicted molar refractivity (Wildman–Crippen MR) is 128 cm³/mol. The van der Waals surface area contributed by atoms with Gasteiger partial charge in [0.05, 0.1) is 0 Å². The average Bonchev–Trinajstić information content (AvgIpc) is 3.55. The molecule has 0 bridgehead atoms. The van der Waals surface area contributed by atoms with Crippen LogP contribution in [0.5, 0.6) is 0 Å². The molecule has 0 aliphatic heterocycles. The summed E-state index contributed by atoms with van der Waals surface area (Å²) >= 11 is 5.98. The first-order valence-electron chi connectivity index (χ1n) is 11.3. The van der Waals surface area contributed by atoms with E-state index in [1.54, 1.807) is 0 Å². The molecule has 0 fully saturated rings. The molecule has 5 rings (SSSR count). The summed E-state index contributed by atoms with van der Waals surface area (Å²) in [5.74, 6) is 1.06. The smallest absolute Gasteiger partial charge is 0.332 e. The summed E-state index contributed by atoms with van der Waals surface area (Å²) in [7, 11) is 0. The molecule has 2 N–H and O–H groups in total. The standard InChI is InChI=1S/C23H24ClN7O3/c1-2-3-10-30-20-19(27-22(24)28-20)21(32)31(23(30)33)11-6-9-18-26-17(29-34-18)12-14-13-25-16-8-5-4-7-15(14)16/h4-5,7-8,13,25H,2-3,6,9-12H2,1H3,(H,27,28). The Bertz CT molecular complexity index is 1570. The number of hydrogen-bond acceptors (Lipinski definition) is 6. The van der Waals surface area contributed by atoms with Gasteiger partial charge in [-0.1, -0.05) is 36.7 Å². The third kappa shape index (κ3) is 4.16. The Kier molecular flexibility index (Phi) is 6.06. The van der Waals surface area contributed by atoms with Crippen LogP contribution >= 0.6 is 11.6 Å². The quantitative estimate of drug-likeness (QED) is 0.310. The summed E-state index contributed by atoms with van der Waals surface area (Å²) in [6.45, 7) is 2.72. The fourth-order valence-electron chi connectivity index (χ4n) is 4.15. The molecular formula is C23H24ClN7O3. The molecule has 0 saturated carbocycles. The number of nitrogens with zero attached hydrogens (tertiary/aromatic N) is 5. The van der Waals surface area contributed by atoms with E-state index in [4.69, 9.17) is 16.1 Å². The van der Waals surface area contributed by atoms with Crippen LogP contribution in [0.4, 0.5) is 0 Å². The Balaban J connectivity index is 1.31. The SMILES string of the molecule is CCCCn1c(=O)n(CCCc2nc(Cc3c[nH]c4ccccc34)no2)c(=O)c2[nH]c(Cl)nc21. The predicted octanol–water partition coefficient (Wildman–Crippen LogP) is 3.43. The lowest BCUT2D eigenvalue weighted by atomic mass is 10.1. The number of imidazole rings is 1. The van der Waals surface area contributed by atoms with Gasteiger partial charge >= 0.3 is 5.69 Å². The van der Waals surface area contributed by atoms with Crippen molar-refractivity contribution in [1.82, 2.24) is 34.2 Å². The first kappa shape index (κ1) is 22.1. The van der Waals surface area contributed by atoms with Gasteiger partial charge in [-0.3, -0.25) is 13.9 Å². The zero-order chi connectivity index (χ0) is 23.7. The molecule has 4 heterocycles. The maximum absolute atomic E-state index is 13.0. The number of aromatic amines is 2. The summed E-state index contributed by atoms with van der Waals surface area (Å²) in [5.41, 5.74) is 1.86. The number of hydrogen-bond donors (Lipinski definition) is 2. The average molecular weight is 482 g/mol. The minimum Gasteiger partial charge on any atom is -0.361 e. The molecule has 0 amide bonds. The van der Waals surface area contributed by atoms with Crippen molar-refractivity contribution in [3.05, 3.63) is 73.9 Å². The number of unbranched alkanes of at least 4 members (excludes halogenated alkanes) is 1. The maximum Gasteiger partial charge on any atom is 0.332 e. The summed E-state index contributed by atoms with van der Waals surface area (Å²) in [4.78, 5) is 40.5. The van der Waals surface area contributed by atoms with Crippen LogP contribution in [-0.4, -0.2) is 34.2 Å². The van der Waals surface area contributed by atoms with Crippen LogP contribution in [0.25, 0.3) is 22.1 Å². The van der Waals surface area contributed by atoms with Crippen LogP contribution in [0, 0.1) is 0 Å². The van der Waals surface area contributed by atoms with Gasteiger partial charge in [0.25, 0.3) is 5.56 Å². The normalized spacial score (nSPS) is 11.7. The highest BCUT2D eigenvalue weighted by atomic mass is 35.5. The molecule has 176 valence electrons. The number of halogens is 1. The number of benzene rings is 1. The number of aromatic nitrogens is 7. The second-order valence-corrected chi connectivity index (χ2v) is 8.57. The van der Waals surface area contributed by atoms with Crippen LogP contribution in [0.2, 0.25) is 5.28 Å². The van der Waals surface area contributed by atoms with Crippen molar-refractivity contribution < 1.29 is 4.52 Å². The van der Waals surface area contributed by atoms with E-state index in [2.05, 4.69) is 31.2 Å². The van der Waals surface area contributed by atoms with Crippen molar-refractivity contribution in [1.29, 1.82) is 0 Å². The Morgan fingerprint density at radius 3 is 2.76 bits per heavy atom. The largest absolute Gasteiger partial charge is 0.361 e. The van der Waals surface area contributed by atoms with Crippen LogP contribution in [-0.2, 0) is 25.9 Å². The van der Waals surface area contributed by atoms with Crippen molar-refractivity contribution in [2.75, 3.05) is 0 Å². The molecule has 0 radical (unpaired) electrons. The minimum absolute atomic E-state index is 0.0862. The van der Waals surface area contributed by atoms with Gasteiger partial charge in [-0.15, -0.1) is 0 Å². The lowest BCUT2D eigenvalue weighted by Crippen LogP contribution is -2.40. The molecule has 0 spiro atoms. The molecule has 0 saturated heterocycles. The molecule has 0 aliphatic rings. The van der Waals surface area contributed by atoms with Gasteiger partial charge in [-0.05, 0) is 36.1 Å². The molecule has 10 nitrogen and oxygen atoms in total. The van der Waals surface area contributed by atoms with E-state index in [1.165, 1.54) is 9.13 Å². The molecule has 4 aromatic heterocycles. The zero-order valence-electron chi connectivity index (χ0n) is 18.7. The number of para-hydroxylation sites is 1. The van der Waals surface area contributed by atoms with Gasteiger partial charge in [0.15, 0.2) is 17.0 Å². The number of H-pyrrole nitrogens is 2. The Hall–Kier alpha value is -3.66. The monoisotopic (exact) mass is 481 g/mol. The Morgan fingerprint density at radius 1 is 1.09 bits per heavy atom. The summed E-state index contributed by atoms with van der Waals surface area (Å²) in [6.07, 6.45) is 5.14. The van der Waals surface area contributed by atoms with Gasteiger partial charge in [0.1, 0.15) is 0 Å². The second-order valence-electron chi connectivity index (χ2n) is 8.21. The van der Waals surface area contributed by atoms with E-state index in [9.17, 15) is 9.59 Å². The highest BCUT2D eigenvalue weighted by Gasteiger charge is 2.17. The fraction of sp³-hybridized carbons (Fsp3) is 0.348. The van der Waals surface area contributed by atoms with Crippen LogP contribution in [0.1, 0.15) is 43.5 Å². The van der Waals surface area contributed by atoms with E-state index in [0.29, 0.717) is 43.2 Å². The molecule has 0 atom stereocenters. The van der Waals surface area contributed by atoms with Gasteiger partial charge in [0.2, 0.25) is 11.2 Å². The maximum atomic E-state index is 13.0. The number of fused-ring (bicyclic) bond motifs is 2. The van der Waals surface area contributed by atoms with Crippen LogP contribution in [0.3, 0.4) is 0 Å². The topological polar surface area (TPSA) is 127 Å². The lowest BCUT2D eigenvalue weighted by Gasteiger charge is -2.10. The number of aryl methyl sites for hydroxylation is 2. The van der Waals surface area contributed by atoms with E-state index < -0.39 is 5.56 Å². The first-order valence-corrected chi connectivity index (χ1v) is 11.7. The summed E-state index contributed by atoms with van der Waals surface area (Å²) in [5, 5.41) is 5.30. The first-order chi connectivity index (χ1) is 16.5. The van der Waals surface area contributed by atoms with Crippen molar-refractivity contribution >= 4 is 33.7 Å². The Labute approximate surface area is 198 Å². The van der Waals surface area contributed by atoms with Crippen molar-refractivity contribution in [3.8, 4) is 0 Å². The molecule has 0 unspecified atom stereocenters. The highest BCUT2D eigenvalue weighted by molar-refractivity contribution is 6.28. The van der Waals surface area contributed by atoms with E-state index >= 15 is 0 Å². The molecule has 5 aromatic rings. The molecule has 1 aromatic carbocycles. The molecule has 11 heteroatoms. The zero-order valence-corrected chi connectivity index (χ0v) is 19.4. The van der Waals surface area contributed by atoms with E-state index in [-0.39, 0.29) is 23.0 Å². The second kappa shape index (κ2) is 9.30. The van der Waals surface area contributed by atoms with Crippen molar-refractivity contribution in [2.24, 2.45) is 0 Å². The van der Waals surface area contributed by atoms with Crippen molar-refractivity contribution in [3.63, 3.8) is 0 Å². The van der Waals surface area contributed by atoms with Crippen LogP contribution in [0.15, 0.2) is 44.6 Å². The highest BCUT2D eigenvalue weighted by Crippen LogP contribution is 2.20. The number of rotatable bonds is 9. The molecule has 0 aliphatic carbocycles. The molecule has 34 heavy (non-hydrogen) atoms. The Morgan fingerprint density at radius 2 is 1.91 bits per heavy atom. The van der Waals surface area contributed by atoms with Crippen LogP contribution < -0.4 is 11.2 Å². The lowest BCUT2D eigenvalue weighted by molar-refractivity contribution is 0.367. The fourth-order valence-corrected chi connectivity index (χ4v) is 4.33. The van der Waals surface area contributed by atoms with Gasteiger partial charge in [-0.2, -0.15) is 9.97 Å². The van der Waals surface area contributed by atoms with Crippen molar-refractivity contribution in [2.45, 2.75) is 52.1 Å². The van der Waals surface area contributed by atoms with E-state index in [1.807, 2.05) is 31.3 Å². The summed E-state index contributed by atoms with van der Waals surface area (Å²) < 4.78 is 8.13. The summed E-state index contributed by atoms with van der Waals surface area (Å²) in [6, 6.07) is 8.05. The number of nitrogens with one attached hydrogen (secondary N) is 2. The van der Waals surface area contributed by atoms with Gasteiger partial charge in [-0.25, -0.2) is 4.79 Å². The third-order valence-electron chi connectivity index (χ3n) is 5.87.